The molecule has 0 aliphatic heterocycles. The van der Waals surface area contributed by atoms with E-state index in [2.05, 4.69) is 11.1 Å². The smallest absolute Gasteiger partial charge is 0.376 e. The van der Waals surface area contributed by atoms with Crippen molar-refractivity contribution in [2.45, 2.75) is 31.0 Å². The van der Waals surface area contributed by atoms with Gasteiger partial charge in [0.15, 0.2) is 5.60 Å². The minimum atomic E-state index is -5.02. The summed E-state index contributed by atoms with van der Waals surface area (Å²) in [7, 11) is 0. The molecule has 2 unspecified atom stereocenters. The maximum Gasteiger partial charge on any atom is 0.422 e. The van der Waals surface area contributed by atoms with E-state index in [9.17, 15) is 23.1 Å². The van der Waals surface area contributed by atoms with Gasteiger partial charge in [-0.1, -0.05) is 54.9 Å². The van der Waals surface area contributed by atoms with Crippen LogP contribution in [0.25, 0.3) is 11.1 Å². The molecule has 8 heteroatoms. The van der Waals surface area contributed by atoms with Crippen molar-refractivity contribution < 1.29 is 18.3 Å². The molecule has 1 aromatic heterocycles. The summed E-state index contributed by atoms with van der Waals surface area (Å²) >= 11 is 6.34. The van der Waals surface area contributed by atoms with Gasteiger partial charge in [-0.05, 0) is 34.4 Å². The molecule has 0 saturated carbocycles. The van der Waals surface area contributed by atoms with Crippen molar-refractivity contribution in [3.63, 3.8) is 0 Å². The summed E-state index contributed by atoms with van der Waals surface area (Å²) in [6.45, 7) is 1.23. The Balaban J connectivity index is 2.01. The van der Waals surface area contributed by atoms with Gasteiger partial charge in [-0.15, -0.1) is 0 Å². The summed E-state index contributed by atoms with van der Waals surface area (Å²) in [5.74, 6) is -1.46. The van der Waals surface area contributed by atoms with E-state index in [-0.39, 0.29) is 17.0 Å². The molecule has 0 spiro atoms. The second-order valence-electron chi connectivity index (χ2n) is 7.20. The van der Waals surface area contributed by atoms with E-state index in [0.29, 0.717) is 5.56 Å². The van der Waals surface area contributed by atoms with Crippen molar-refractivity contribution in [2.75, 3.05) is 0 Å². The van der Waals surface area contributed by atoms with Crippen molar-refractivity contribution in [1.82, 2.24) is 4.98 Å². The van der Waals surface area contributed by atoms with Crippen LogP contribution < -0.4 is 5.56 Å². The number of aromatic nitrogens is 1. The second-order valence-corrected chi connectivity index (χ2v) is 7.60. The lowest BCUT2D eigenvalue weighted by atomic mass is 9.78. The molecule has 0 radical (unpaired) electrons. The average Bonchev–Trinajstić information content (AvgIpc) is 2.73. The van der Waals surface area contributed by atoms with Gasteiger partial charge < -0.3 is 10.1 Å². The molecule has 0 aliphatic carbocycles. The van der Waals surface area contributed by atoms with Crippen molar-refractivity contribution in [1.29, 1.82) is 5.26 Å². The minimum absolute atomic E-state index is 0.0678. The number of nitriles is 1. The number of nitrogens with one attached hydrogen (secondary N) is 1. The molecule has 0 saturated heterocycles. The lowest BCUT2D eigenvalue weighted by molar-refractivity contribution is -0.274. The summed E-state index contributed by atoms with van der Waals surface area (Å²) in [4.78, 5) is 13.4. The zero-order valence-corrected chi connectivity index (χ0v) is 17.1. The Morgan fingerprint density at radius 2 is 1.74 bits per heavy atom. The van der Waals surface area contributed by atoms with E-state index >= 15 is 0 Å². The molecule has 2 N–H and O–H groups in total. The van der Waals surface area contributed by atoms with Gasteiger partial charge in [0.2, 0.25) is 5.56 Å². The number of halogens is 4. The second kappa shape index (κ2) is 8.58. The molecule has 0 amide bonds. The summed E-state index contributed by atoms with van der Waals surface area (Å²) in [6.07, 6.45) is -3.89. The van der Waals surface area contributed by atoms with Crippen LogP contribution in [0.2, 0.25) is 5.02 Å². The zero-order chi connectivity index (χ0) is 22.8. The van der Waals surface area contributed by atoms with Gasteiger partial charge in [0.1, 0.15) is 0 Å². The number of aromatic amines is 1. The lowest BCUT2D eigenvalue weighted by Gasteiger charge is -2.36. The van der Waals surface area contributed by atoms with E-state index in [1.165, 1.54) is 19.1 Å². The maximum atomic E-state index is 14.0. The molecular formula is C23H18ClF3N2O2. The molecular weight excluding hydrogens is 429 g/mol. The number of benzene rings is 2. The molecule has 3 aromatic rings. The molecule has 0 aliphatic rings. The third kappa shape index (κ3) is 4.36. The molecule has 0 bridgehead atoms. The third-order valence-corrected chi connectivity index (χ3v) is 5.65. The normalized spacial score (nSPS) is 14.5. The molecule has 3 rings (SSSR count). The van der Waals surface area contributed by atoms with Gasteiger partial charge in [0.05, 0.1) is 12.5 Å². The summed E-state index contributed by atoms with van der Waals surface area (Å²) in [6, 6.07) is 15.7. The third-order valence-electron chi connectivity index (χ3n) is 5.32. The number of rotatable bonds is 5. The van der Waals surface area contributed by atoms with Gasteiger partial charge in [0, 0.05) is 28.8 Å². The Morgan fingerprint density at radius 3 is 2.26 bits per heavy atom. The molecule has 31 heavy (non-hydrogen) atoms. The first-order valence-corrected chi connectivity index (χ1v) is 9.69. The first-order valence-electron chi connectivity index (χ1n) is 9.32. The zero-order valence-electron chi connectivity index (χ0n) is 16.4. The Hall–Kier alpha value is -3.08. The van der Waals surface area contributed by atoms with Gasteiger partial charge in [-0.3, -0.25) is 4.79 Å². The fraction of sp³-hybridized carbons (Fsp3) is 0.217. The first kappa shape index (κ1) is 22.6. The number of nitrogens with zero attached hydrogens (tertiary/aromatic N) is 1. The molecule has 160 valence electrons. The van der Waals surface area contributed by atoms with Crippen LogP contribution in [0.4, 0.5) is 13.2 Å². The molecule has 1 heterocycles. The topological polar surface area (TPSA) is 76.9 Å². The van der Waals surface area contributed by atoms with Crippen molar-refractivity contribution >= 4 is 11.6 Å². The SMILES string of the molecule is CC(c1ccc(-c2ccc(CC#N)cc2)cc1Cl)C(O)(c1ccc(=O)[nH]c1)C(F)(F)F. The largest absolute Gasteiger partial charge is 0.422 e. The summed E-state index contributed by atoms with van der Waals surface area (Å²) in [5.41, 5.74) is -1.90. The van der Waals surface area contributed by atoms with Crippen LogP contribution in [-0.2, 0) is 12.0 Å². The number of alkyl halides is 3. The van der Waals surface area contributed by atoms with Crippen LogP contribution in [0.3, 0.4) is 0 Å². The Labute approximate surface area is 181 Å². The monoisotopic (exact) mass is 446 g/mol. The highest BCUT2D eigenvalue weighted by molar-refractivity contribution is 6.31. The highest BCUT2D eigenvalue weighted by Gasteiger charge is 2.59. The number of hydrogen-bond donors (Lipinski definition) is 2. The van der Waals surface area contributed by atoms with Crippen LogP contribution in [0.1, 0.15) is 29.5 Å². The van der Waals surface area contributed by atoms with Crippen molar-refractivity contribution in [2.24, 2.45) is 0 Å². The van der Waals surface area contributed by atoms with Crippen LogP contribution in [0.5, 0.6) is 0 Å². The van der Waals surface area contributed by atoms with E-state index in [1.54, 1.807) is 30.3 Å². The number of H-pyrrole nitrogens is 1. The van der Waals surface area contributed by atoms with Crippen LogP contribution in [0.15, 0.2) is 65.6 Å². The summed E-state index contributed by atoms with van der Waals surface area (Å²) < 4.78 is 42.0. The Bertz CT molecular complexity index is 1160. The Morgan fingerprint density at radius 1 is 1.10 bits per heavy atom. The molecule has 2 atom stereocenters. The van der Waals surface area contributed by atoms with Gasteiger partial charge in [-0.25, -0.2) is 0 Å². The van der Waals surface area contributed by atoms with Crippen molar-refractivity contribution in [3.05, 3.63) is 92.9 Å². The Kier molecular flexibility index (Phi) is 6.25. The van der Waals surface area contributed by atoms with Crippen LogP contribution >= 0.6 is 11.6 Å². The predicted molar refractivity (Wildman–Crippen MR) is 112 cm³/mol. The molecule has 0 fully saturated rings. The van der Waals surface area contributed by atoms with E-state index in [0.717, 1.165) is 29.5 Å². The van der Waals surface area contributed by atoms with Gasteiger partial charge in [0.25, 0.3) is 0 Å². The standard InChI is InChI=1S/C23H18ClF3N2O2/c1-14(22(31,23(25,26)27)18-7-9-21(30)29-13-18)19-8-6-17(12-20(19)24)16-4-2-15(3-5-16)10-11-28/h2-9,12-14,31H,10H2,1H3,(H,29,30). The van der Waals surface area contributed by atoms with E-state index in [1.807, 2.05) is 0 Å². The molecule has 4 nitrogen and oxygen atoms in total. The van der Waals surface area contributed by atoms with E-state index in [4.69, 9.17) is 16.9 Å². The predicted octanol–water partition coefficient (Wildman–Crippen LogP) is 5.31. The lowest BCUT2D eigenvalue weighted by Crippen LogP contribution is -2.46. The first-order chi connectivity index (χ1) is 14.6. The fourth-order valence-electron chi connectivity index (χ4n) is 3.50. The molecule has 2 aromatic carbocycles. The maximum absolute atomic E-state index is 14.0. The van der Waals surface area contributed by atoms with Gasteiger partial charge in [-0.2, -0.15) is 18.4 Å². The number of aliphatic hydroxyl groups is 1. The highest BCUT2D eigenvalue weighted by Crippen LogP contribution is 2.49. The average molecular weight is 447 g/mol. The fourth-order valence-corrected chi connectivity index (χ4v) is 3.84. The highest BCUT2D eigenvalue weighted by atomic mass is 35.5. The van der Waals surface area contributed by atoms with Crippen molar-refractivity contribution in [3.8, 4) is 17.2 Å². The van der Waals surface area contributed by atoms with Crippen LogP contribution in [0, 0.1) is 11.3 Å². The van der Waals surface area contributed by atoms with Gasteiger partial charge >= 0.3 is 6.18 Å². The minimum Gasteiger partial charge on any atom is -0.376 e. The quantitative estimate of drug-likeness (QED) is 0.557. The summed E-state index contributed by atoms with van der Waals surface area (Å²) in [5, 5.41) is 19.6. The number of pyridine rings is 1. The van der Waals surface area contributed by atoms with Crippen LogP contribution in [-0.4, -0.2) is 16.3 Å². The van der Waals surface area contributed by atoms with E-state index < -0.39 is 28.8 Å². The number of hydrogen-bond acceptors (Lipinski definition) is 3.